The lowest BCUT2D eigenvalue weighted by Gasteiger charge is -2.09. The summed E-state index contributed by atoms with van der Waals surface area (Å²) in [4.78, 5) is 16.7. The van der Waals surface area contributed by atoms with Gasteiger partial charge in [0.15, 0.2) is 18.1 Å². The van der Waals surface area contributed by atoms with Crippen molar-refractivity contribution in [1.82, 2.24) is 5.32 Å². The lowest BCUT2D eigenvalue weighted by molar-refractivity contribution is -0.125. The van der Waals surface area contributed by atoms with Crippen LogP contribution in [0.5, 0.6) is 11.5 Å². The van der Waals surface area contributed by atoms with Crippen LogP contribution in [0.15, 0.2) is 53.7 Å². The summed E-state index contributed by atoms with van der Waals surface area (Å²) in [5.41, 5.74) is 1.72. The average Bonchev–Trinajstić information content (AvgIpc) is 2.64. The van der Waals surface area contributed by atoms with Gasteiger partial charge in [0.2, 0.25) is 0 Å². The van der Waals surface area contributed by atoms with E-state index in [2.05, 4.69) is 10.5 Å². The molecule has 0 saturated carbocycles. The number of benzene rings is 2. The number of methoxy groups -OCH3 is 2. The highest BCUT2D eigenvalue weighted by atomic mass is 16.6. The van der Waals surface area contributed by atoms with E-state index in [4.69, 9.17) is 14.3 Å². The Balaban J connectivity index is 1.81. The van der Waals surface area contributed by atoms with Gasteiger partial charge >= 0.3 is 0 Å². The molecule has 0 spiro atoms. The van der Waals surface area contributed by atoms with Gasteiger partial charge in [0, 0.05) is 12.1 Å². The molecule has 0 radical (unpaired) electrons. The summed E-state index contributed by atoms with van der Waals surface area (Å²) in [6, 6.07) is 15.1. The number of carbonyl (C=O) groups is 1. The third-order valence-corrected chi connectivity index (χ3v) is 3.23. The smallest absolute Gasteiger partial charge is 0.261 e. The first-order valence-electron chi connectivity index (χ1n) is 7.41. The van der Waals surface area contributed by atoms with Crippen LogP contribution < -0.4 is 14.8 Å². The van der Waals surface area contributed by atoms with Crippen LogP contribution >= 0.6 is 0 Å². The van der Waals surface area contributed by atoms with Crippen LogP contribution in [-0.2, 0) is 16.2 Å². The number of nitrogens with one attached hydrogen (secondary N) is 1. The highest BCUT2D eigenvalue weighted by Gasteiger charge is 2.07. The highest BCUT2D eigenvalue weighted by molar-refractivity contribution is 5.84. The topological polar surface area (TPSA) is 69.2 Å². The Hall–Kier alpha value is -3.02. The summed E-state index contributed by atoms with van der Waals surface area (Å²) in [7, 11) is 3.11. The summed E-state index contributed by atoms with van der Waals surface area (Å²) in [6.07, 6.45) is 1.48. The summed E-state index contributed by atoms with van der Waals surface area (Å²) in [5.74, 6) is 0.913. The Morgan fingerprint density at radius 1 is 1.08 bits per heavy atom. The molecule has 0 unspecified atom stereocenters. The number of nitrogens with zero attached hydrogens (tertiary/aromatic N) is 1. The van der Waals surface area contributed by atoms with E-state index >= 15 is 0 Å². The lowest BCUT2D eigenvalue weighted by Crippen LogP contribution is -2.26. The quantitative estimate of drug-likeness (QED) is 0.597. The van der Waals surface area contributed by atoms with E-state index in [1.54, 1.807) is 20.3 Å². The zero-order chi connectivity index (χ0) is 17.2. The van der Waals surface area contributed by atoms with Gasteiger partial charge in [-0.05, 0) is 17.7 Å². The van der Waals surface area contributed by atoms with Crippen molar-refractivity contribution in [2.75, 3.05) is 20.8 Å². The molecule has 126 valence electrons. The number of ether oxygens (including phenoxy) is 2. The second-order valence-corrected chi connectivity index (χ2v) is 4.85. The van der Waals surface area contributed by atoms with Gasteiger partial charge in [0.25, 0.3) is 5.91 Å². The largest absolute Gasteiger partial charge is 0.493 e. The molecule has 2 aromatic carbocycles. The third-order valence-electron chi connectivity index (χ3n) is 3.23. The third kappa shape index (κ3) is 5.01. The number of hydrogen-bond acceptors (Lipinski definition) is 5. The standard InChI is InChI=1S/C18H20N2O4/c1-22-16-10-6-9-15(18(16)23-2)12-20-24-13-17(21)19-11-14-7-4-3-5-8-14/h3-10,12H,11,13H2,1-2H3,(H,19,21)/b20-12-. The van der Waals surface area contributed by atoms with Crippen molar-refractivity contribution in [3.63, 3.8) is 0 Å². The van der Waals surface area contributed by atoms with Crippen molar-refractivity contribution in [1.29, 1.82) is 0 Å². The molecule has 24 heavy (non-hydrogen) atoms. The zero-order valence-electron chi connectivity index (χ0n) is 13.7. The van der Waals surface area contributed by atoms with Crippen molar-refractivity contribution < 1.29 is 19.1 Å². The van der Waals surface area contributed by atoms with E-state index in [1.165, 1.54) is 6.21 Å². The molecular weight excluding hydrogens is 308 g/mol. The maximum atomic E-state index is 11.7. The Kier molecular flexibility index (Phi) is 6.64. The summed E-state index contributed by atoms with van der Waals surface area (Å²) >= 11 is 0. The molecule has 0 heterocycles. The van der Waals surface area contributed by atoms with Gasteiger partial charge in [-0.15, -0.1) is 0 Å². The molecule has 0 aliphatic rings. The van der Waals surface area contributed by atoms with Crippen molar-refractivity contribution in [2.24, 2.45) is 5.16 Å². The van der Waals surface area contributed by atoms with E-state index in [-0.39, 0.29) is 12.5 Å². The molecule has 0 bridgehead atoms. The summed E-state index contributed by atoms with van der Waals surface area (Å²) in [6.45, 7) is 0.298. The highest BCUT2D eigenvalue weighted by Crippen LogP contribution is 2.29. The number of amides is 1. The van der Waals surface area contributed by atoms with Crippen LogP contribution in [0.2, 0.25) is 0 Å². The Bertz CT molecular complexity index is 687. The predicted molar refractivity (Wildman–Crippen MR) is 91.4 cm³/mol. The van der Waals surface area contributed by atoms with Gasteiger partial charge in [-0.2, -0.15) is 0 Å². The first-order valence-corrected chi connectivity index (χ1v) is 7.41. The van der Waals surface area contributed by atoms with Gasteiger partial charge in [-0.1, -0.05) is 41.6 Å². The van der Waals surface area contributed by atoms with Gasteiger partial charge in [0.1, 0.15) is 0 Å². The van der Waals surface area contributed by atoms with Crippen LogP contribution in [0, 0.1) is 0 Å². The molecule has 0 fully saturated rings. The number of para-hydroxylation sites is 1. The van der Waals surface area contributed by atoms with Crippen LogP contribution in [-0.4, -0.2) is 32.9 Å². The van der Waals surface area contributed by atoms with E-state index < -0.39 is 0 Å². The number of rotatable bonds is 8. The minimum absolute atomic E-state index is 0.157. The molecule has 2 rings (SSSR count). The zero-order valence-corrected chi connectivity index (χ0v) is 13.7. The average molecular weight is 328 g/mol. The first-order chi connectivity index (χ1) is 11.7. The van der Waals surface area contributed by atoms with Crippen molar-refractivity contribution in [3.05, 3.63) is 59.7 Å². The lowest BCUT2D eigenvalue weighted by atomic mass is 10.2. The normalized spacial score (nSPS) is 10.4. The number of oxime groups is 1. The molecule has 0 atom stereocenters. The Labute approximate surface area is 141 Å². The fourth-order valence-corrected chi connectivity index (χ4v) is 2.05. The van der Waals surface area contributed by atoms with E-state index in [9.17, 15) is 4.79 Å². The maximum Gasteiger partial charge on any atom is 0.261 e. The Morgan fingerprint density at radius 2 is 1.88 bits per heavy atom. The van der Waals surface area contributed by atoms with Gasteiger partial charge in [0.05, 0.1) is 20.4 Å². The van der Waals surface area contributed by atoms with Crippen LogP contribution in [0.25, 0.3) is 0 Å². The van der Waals surface area contributed by atoms with E-state index in [0.717, 1.165) is 5.56 Å². The first kappa shape index (κ1) is 17.3. The number of carbonyl (C=O) groups excluding carboxylic acids is 1. The minimum atomic E-state index is -0.242. The summed E-state index contributed by atoms with van der Waals surface area (Å²) in [5, 5.41) is 6.56. The molecule has 0 aliphatic carbocycles. The molecule has 6 nitrogen and oxygen atoms in total. The van der Waals surface area contributed by atoms with Crippen LogP contribution in [0.4, 0.5) is 0 Å². The molecule has 2 aromatic rings. The molecule has 1 amide bonds. The van der Waals surface area contributed by atoms with Crippen LogP contribution in [0.3, 0.4) is 0 Å². The Morgan fingerprint density at radius 3 is 2.58 bits per heavy atom. The van der Waals surface area contributed by atoms with E-state index in [1.807, 2.05) is 42.5 Å². The molecule has 6 heteroatoms. The minimum Gasteiger partial charge on any atom is -0.493 e. The monoisotopic (exact) mass is 328 g/mol. The maximum absolute atomic E-state index is 11.7. The van der Waals surface area contributed by atoms with Gasteiger partial charge < -0.3 is 19.6 Å². The van der Waals surface area contributed by atoms with Gasteiger partial charge in [-0.25, -0.2) is 0 Å². The van der Waals surface area contributed by atoms with Crippen molar-refractivity contribution >= 4 is 12.1 Å². The van der Waals surface area contributed by atoms with E-state index in [0.29, 0.717) is 23.6 Å². The second-order valence-electron chi connectivity index (χ2n) is 4.85. The fourth-order valence-electron chi connectivity index (χ4n) is 2.05. The molecular formula is C18H20N2O4. The fraction of sp³-hybridized carbons (Fsp3) is 0.222. The molecule has 1 N–H and O–H groups in total. The molecule has 0 saturated heterocycles. The summed E-state index contributed by atoms with van der Waals surface area (Å²) < 4.78 is 10.5. The number of hydrogen-bond donors (Lipinski definition) is 1. The van der Waals surface area contributed by atoms with Crippen LogP contribution in [0.1, 0.15) is 11.1 Å². The SMILES string of the molecule is COc1cccc(/C=N\OCC(=O)NCc2ccccc2)c1OC. The predicted octanol–water partition coefficient (Wildman–Crippen LogP) is 2.37. The van der Waals surface area contributed by atoms with Crippen molar-refractivity contribution in [2.45, 2.75) is 6.54 Å². The second kappa shape index (κ2) is 9.19. The van der Waals surface area contributed by atoms with Gasteiger partial charge in [-0.3, -0.25) is 4.79 Å². The molecule has 0 aliphatic heterocycles. The van der Waals surface area contributed by atoms with Crippen molar-refractivity contribution in [3.8, 4) is 11.5 Å². The molecule has 0 aromatic heterocycles.